The normalized spacial score (nSPS) is 9.25. The molecule has 0 radical (unpaired) electrons. The molecule has 5 nitrogen and oxygen atoms in total. The van der Waals surface area contributed by atoms with Crippen LogP contribution < -0.4 is 10.9 Å². The zero-order valence-electron chi connectivity index (χ0n) is 9.84. The Kier molecular flexibility index (Phi) is 8.56. The fourth-order valence-electron chi connectivity index (χ4n) is 0.846. The monoisotopic (exact) mass is 247 g/mol. The van der Waals surface area contributed by atoms with Crippen LogP contribution in [0.25, 0.3) is 0 Å². The fourth-order valence-corrected chi connectivity index (χ4v) is 1.03. The zero-order valence-corrected chi connectivity index (χ0v) is 10.6. The maximum atomic E-state index is 10.7. The highest BCUT2D eigenvalue weighted by Crippen LogP contribution is 2.12. The molecule has 0 aliphatic heterocycles. The van der Waals surface area contributed by atoms with Gasteiger partial charge in [0.05, 0.1) is 11.9 Å². The Morgan fingerprint density at radius 1 is 1.56 bits per heavy atom. The van der Waals surface area contributed by atoms with E-state index in [0.717, 1.165) is 19.6 Å². The summed E-state index contributed by atoms with van der Waals surface area (Å²) in [7, 11) is 1.67. The van der Waals surface area contributed by atoms with Crippen molar-refractivity contribution in [2.45, 2.75) is 20.3 Å². The van der Waals surface area contributed by atoms with Gasteiger partial charge >= 0.3 is 0 Å². The summed E-state index contributed by atoms with van der Waals surface area (Å²) < 4.78 is 4.98. The van der Waals surface area contributed by atoms with Crippen molar-refractivity contribution < 1.29 is 4.74 Å². The Labute approximate surface area is 100 Å². The number of hydrogen-bond donors (Lipinski definition) is 2. The van der Waals surface area contributed by atoms with E-state index in [1.54, 1.807) is 7.05 Å². The number of rotatable bonds is 4. The van der Waals surface area contributed by atoms with Gasteiger partial charge in [0.2, 0.25) is 0 Å². The van der Waals surface area contributed by atoms with E-state index in [9.17, 15) is 4.79 Å². The van der Waals surface area contributed by atoms with Crippen LogP contribution in [0.4, 0.5) is 5.69 Å². The first-order valence-corrected chi connectivity index (χ1v) is 5.53. The molecule has 6 heteroatoms. The van der Waals surface area contributed by atoms with E-state index in [4.69, 9.17) is 16.3 Å². The molecule has 1 rings (SSSR count). The molecular weight excluding hydrogens is 230 g/mol. The van der Waals surface area contributed by atoms with Crippen LogP contribution in [-0.4, -0.2) is 30.5 Å². The molecule has 0 aromatic carbocycles. The summed E-state index contributed by atoms with van der Waals surface area (Å²) in [6.07, 6.45) is 2.58. The van der Waals surface area contributed by atoms with Gasteiger partial charge in [0.15, 0.2) is 0 Å². The zero-order chi connectivity index (χ0) is 12.4. The number of halogens is 1. The van der Waals surface area contributed by atoms with Crippen molar-refractivity contribution in [1.29, 1.82) is 0 Å². The van der Waals surface area contributed by atoms with Gasteiger partial charge in [-0.1, -0.05) is 18.5 Å². The van der Waals surface area contributed by atoms with E-state index in [1.807, 2.05) is 6.92 Å². The number of H-pyrrole nitrogens is 1. The summed E-state index contributed by atoms with van der Waals surface area (Å²) in [4.78, 5) is 10.7. The van der Waals surface area contributed by atoms with Crippen LogP contribution in [0.15, 0.2) is 11.0 Å². The van der Waals surface area contributed by atoms with Crippen molar-refractivity contribution in [2.24, 2.45) is 0 Å². The number of ether oxygens (including phenoxy) is 1. The van der Waals surface area contributed by atoms with Crippen molar-refractivity contribution in [1.82, 2.24) is 10.2 Å². The summed E-state index contributed by atoms with van der Waals surface area (Å²) >= 11 is 5.55. The maximum Gasteiger partial charge on any atom is 0.285 e. The second-order valence-corrected chi connectivity index (χ2v) is 3.25. The van der Waals surface area contributed by atoms with Gasteiger partial charge in [-0.3, -0.25) is 4.79 Å². The molecule has 0 aliphatic rings. The summed E-state index contributed by atoms with van der Waals surface area (Å²) in [6, 6.07) is 0. The number of anilines is 1. The quantitative estimate of drug-likeness (QED) is 0.798. The summed E-state index contributed by atoms with van der Waals surface area (Å²) in [6.45, 7) is 5.88. The lowest BCUT2D eigenvalue weighted by molar-refractivity contribution is 0.148. The van der Waals surface area contributed by atoms with Gasteiger partial charge in [-0.2, -0.15) is 5.10 Å². The van der Waals surface area contributed by atoms with Gasteiger partial charge in [-0.05, 0) is 13.3 Å². The van der Waals surface area contributed by atoms with Gasteiger partial charge in [0.1, 0.15) is 5.02 Å². The van der Waals surface area contributed by atoms with Gasteiger partial charge < -0.3 is 10.1 Å². The van der Waals surface area contributed by atoms with Crippen LogP contribution in [0.5, 0.6) is 0 Å². The Balaban J connectivity index is 0.000000325. The van der Waals surface area contributed by atoms with E-state index in [-0.39, 0.29) is 10.6 Å². The minimum absolute atomic E-state index is 0.137. The number of aromatic amines is 1. The predicted octanol–water partition coefficient (Wildman–Crippen LogP) is 1.90. The minimum atomic E-state index is -0.381. The number of hydrogen-bond acceptors (Lipinski definition) is 4. The average Bonchev–Trinajstić information content (AvgIpc) is 2.31. The lowest BCUT2D eigenvalue weighted by Gasteiger charge is -1.97. The Morgan fingerprint density at radius 3 is 2.62 bits per heavy atom. The molecule has 0 unspecified atom stereocenters. The maximum absolute atomic E-state index is 10.7. The standard InChI is InChI=1S/C5H6ClN3O.C5H12O/c1-7-3-2-8-9-5(10)4(3)6;1-3-5-6-4-2/h2H,1H3,(H2,7,9,10);3-5H2,1-2H3. The van der Waals surface area contributed by atoms with Gasteiger partial charge in [-0.15, -0.1) is 0 Å². The van der Waals surface area contributed by atoms with E-state index >= 15 is 0 Å². The fraction of sp³-hybridized carbons (Fsp3) is 0.600. The molecule has 0 fully saturated rings. The van der Waals surface area contributed by atoms with Gasteiger partial charge in [0.25, 0.3) is 5.56 Å². The third-order valence-electron chi connectivity index (χ3n) is 1.62. The Bertz CT molecular complexity index is 337. The largest absolute Gasteiger partial charge is 0.385 e. The Morgan fingerprint density at radius 2 is 2.25 bits per heavy atom. The van der Waals surface area contributed by atoms with E-state index in [1.165, 1.54) is 6.20 Å². The molecule has 92 valence electrons. The van der Waals surface area contributed by atoms with Crippen molar-refractivity contribution >= 4 is 17.3 Å². The van der Waals surface area contributed by atoms with Gasteiger partial charge in [-0.25, -0.2) is 5.10 Å². The molecule has 1 heterocycles. The lowest BCUT2D eigenvalue weighted by atomic mass is 10.5. The molecule has 1 aromatic rings. The van der Waals surface area contributed by atoms with Crippen LogP contribution in [0.2, 0.25) is 5.02 Å². The number of nitrogens with zero attached hydrogens (tertiary/aromatic N) is 1. The smallest absolute Gasteiger partial charge is 0.285 e. The molecule has 0 atom stereocenters. The van der Waals surface area contributed by atoms with E-state index in [2.05, 4.69) is 22.4 Å². The first-order valence-electron chi connectivity index (χ1n) is 5.16. The topological polar surface area (TPSA) is 67.0 Å². The summed E-state index contributed by atoms with van der Waals surface area (Å²) in [5, 5.41) is 8.59. The number of nitrogens with one attached hydrogen (secondary N) is 2. The molecule has 16 heavy (non-hydrogen) atoms. The first kappa shape index (κ1) is 14.9. The molecule has 0 bridgehead atoms. The molecule has 0 saturated carbocycles. The highest BCUT2D eigenvalue weighted by Gasteiger charge is 2.00. The molecule has 2 N–H and O–H groups in total. The average molecular weight is 248 g/mol. The molecule has 0 amide bonds. The summed E-state index contributed by atoms with van der Waals surface area (Å²) in [5.41, 5.74) is 0.152. The highest BCUT2D eigenvalue weighted by molar-refractivity contribution is 6.32. The third kappa shape index (κ3) is 5.72. The van der Waals surface area contributed by atoms with Crippen molar-refractivity contribution in [3.05, 3.63) is 21.6 Å². The molecule has 0 aliphatic carbocycles. The highest BCUT2D eigenvalue weighted by atomic mass is 35.5. The third-order valence-corrected chi connectivity index (χ3v) is 1.99. The Hall–Kier alpha value is -1.07. The molecular formula is C10H18ClN3O2. The molecule has 1 aromatic heterocycles. The lowest BCUT2D eigenvalue weighted by Crippen LogP contribution is -2.09. The van der Waals surface area contributed by atoms with Crippen LogP contribution in [-0.2, 0) is 4.74 Å². The van der Waals surface area contributed by atoms with Crippen molar-refractivity contribution in [3.63, 3.8) is 0 Å². The first-order chi connectivity index (χ1) is 7.67. The van der Waals surface area contributed by atoms with Crippen LogP contribution >= 0.6 is 11.6 Å². The van der Waals surface area contributed by atoms with Crippen molar-refractivity contribution in [3.8, 4) is 0 Å². The SMILES string of the molecule is CCCOCC.CNc1cn[nH]c(=O)c1Cl. The predicted molar refractivity (Wildman–Crippen MR) is 66.2 cm³/mol. The second kappa shape index (κ2) is 9.18. The number of aromatic nitrogens is 2. The summed E-state index contributed by atoms with van der Waals surface area (Å²) in [5.74, 6) is 0. The van der Waals surface area contributed by atoms with E-state index < -0.39 is 0 Å². The molecule has 0 spiro atoms. The van der Waals surface area contributed by atoms with Crippen LogP contribution in [0.1, 0.15) is 20.3 Å². The van der Waals surface area contributed by atoms with Crippen LogP contribution in [0, 0.1) is 0 Å². The van der Waals surface area contributed by atoms with E-state index in [0.29, 0.717) is 5.69 Å². The molecule has 0 saturated heterocycles. The second-order valence-electron chi connectivity index (χ2n) is 2.87. The van der Waals surface area contributed by atoms with Crippen molar-refractivity contribution in [2.75, 3.05) is 25.6 Å². The van der Waals surface area contributed by atoms with Crippen LogP contribution in [0.3, 0.4) is 0 Å². The minimum Gasteiger partial charge on any atom is -0.385 e. The van der Waals surface area contributed by atoms with Gasteiger partial charge in [0, 0.05) is 20.3 Å².